The number of carbonyl (C=O) groups excluding carboxylic acids is 1. The fraction of sp³-hybridized carbons (Fsp3) is 0.308. The van der Waals surface area contributed by atoms with Crippen LogP contribution in [0.5, 0.6) is 11.5 Å². The van der Waals surface area contributed by atoms with Crippen LogP contribution in [0, 0.1) is 6.92 Å². The third-order valence-corrected chi connectivity index (χ3v) is 6.28. The molecular weight excluding hydrogens is 438 g/mol. The van der Waals surface area contributed by atoms with Gasteiger partial charge in [0.2, 0.25) is 0 Å². The van der Waals surface area contributed by atoms with Crippen molar-refractivity contribution in [1.82, 2.24) is 15.2 Å². The Kier molecular flexibility index (Phi) is 7.16. The Labute approximate surface area is 198 Å². The van der Waals surface area contributed by atoms with E-state index in [0.717, 1.165) is 60.9 Å². The number of aromatic hydroxyl groups is 2. The number of carbonyl (C=O) groups is 1. The third kappa shape index (κ3) is 5.46. The summed E-state index contributed by atoms with van der Waals surface area (Å²) in [5, 5.41) is 23.4. The quantitative estimate of drug-likeness (QED) is 0.438. The van der Waals surface area contributed by atoms with Gasteiger partial charge in [0.25, 0.3) is 5.91 Å². The number of aryl methyl sites for hydroxylation is 1. The van der Waals surface area contributed by atoms with Crippen LogP contribution in [0.2, 0.25) is 5.02 Å². The molecule has 7 heteroatoms. The summed E-state index contributed by atoms with van der Waals surface area (Å²) in [4.78, 5) is 19.5. The summed E-state index contributed by atoms with van der Waals surface area (Å²) in [5.41, 5.74) is 4.43. The first-order valence-corrected chi connectivity index (χ1v) is 11.5. The van der Waals surface area contributed by atoms with Gasteiger partial charge in [-0.1, -0.05) is 41.9 Å². The van der Waals surface area contributed by atoms with E-state index in [2.05, 4.69) is 22.4 Å². The number of amides is 1. The molecule has 172 valence electrons. The normalized spacial score (nSPS) is 15.7. The SMILES string of the molecule is Cc1cccc(CCNCc2cccc(C3CCCN3C(=O)c3cc(Cl)c(O)cc3O)c2)n1. The average molecular weight is 466 g/mol. The Hall–Kier alpha value is -3.09. The summed E-state index contributed by atoms with van der Waals surface area (Å²) in [5.74, 6) is -0.804. The molecular formula is C26H28ClN3O3. The molecule has 1 atom stereocenters. The maximum absolute atomic E-state index is 13.2. The first-order valence-electron chi connectivity index (χ1n) is 11.2. The summed E-state index contributed by atoms with van der Waals surface area (Å²) < 4.78 is 0. The zero-order valence-electron chi connectivity index (χ0n) is 18.6. The minimum atomic E-state index is -0.286. The molecule has 6 nitrogen and oxygen atoms in total. The molecule has 3 aromatic rings. The van der Waals surface area contributed by atoms with Gasteiger partial charge in [-0.2, -0.15) is 0 Å². The number of likely N-dealkylation sites (tertiary alicyclic amines) is 1. The number of hydrogen-bond acceptors (Lipinski definition) is 5. The second-order valence-corrected chi connectivity index (χ2v) is 8.83. The summed E-state index contributed by atoms with van der Waals surface area (Å²) >= 11 is 5.98. The molecule has 0 aliphatic carbocycles. The van der Waals surface area contributed by atoms with Crippen molar-refractivity contribution >= 4 is 17.5 Å². The van der Waals surface area contributed by atoms with Crippen LogP contribution in [0.15, 0.2) is 54.6 Å². The monoisotopic (exact) mass is 465 g/mol. The van der Waals surface area contributed by atoms with Gasteiger partial charge in [0.1, 0.15) is 11.5 Å². The lowest BCUT2D eigenvalue weighted by atomic mass is 10.0. The molecule has 1 fully saturated rings. The number of nitrogens with one attached hydrogen (secondary N) is 1. The zero-order valence-corrected chi connectivity index (χ0v) is 19.3. The van der Waals surface area contributed by atoms with Crippen molar-refractivity contribution in [3.63, 3.8) is 0 Å². The van der Waals surface area contributed by atoms with Crippen LogP contribution < -0.4 is 5.32 Å². The topological polar surface area (TPSA) is 85.7 Å². The van der Waals surface area contributed by atoms with Crippen molar-refractivity contribution in [2.75, 3.05) is 13.1 Å². The number of phenols is 2. The number of aromatic nitrogens is 1. The van der Waals surface area contributed by atoms with Crippen LogP contribution in [0.1, 0.15) is 51.8 Å². The molecule has 1 amide bonds. The van der Waals surface area contributed by atoms with Gasteiger partial charge in [0, 0.05) is 43.5 Å². The van der Waals surface area contributed by atoms with E-state index in [1.54, 1.807) is 4.90 Å². The predicted molar refractivity (Wildman–Crippen MR) is 129 cm³/mol. The van der Waals surface area contributed by atoms with Crippen LogP contribution in [0.25, 0.3) is 0 Å². The highest BCUT2D eigenvalue weighted by molar-refractivity contribution is 6.32. The van der Waals surface area contributed by atoms with E-state index in [9.17, 15) is 15.0 Å². The molecule has 4 rings (SSSR count). The smallest absolute Gasteiger partial charge is 0.258 e. The van der Waals surface area contributed by atoms with Crippen LogP contribution >= 0.6 is 11.6 Å². The molecule has 2 heterocycles. The van der Waals surface area contributed by atoms with Gasteiger partial charge in [-0.3, -0.25) is 9.78 Å². The maximum Gasteiger partial charge on any atom is 0.258 e. The minimum absolute atomic E-state index is 0.0424. The number of halogens is 1. The van der Waals surface area contributed by atoms with Gasteiger partial charge >= 0.3 is 0 Å². The molecule has 1 aliphatic rings. The number of hydrogen-bond donors (Lipinski definition) is 3. The summed E-state index contributed by atoms with van der Waals surface area (Å²) in [6, 6.07) is 16.7. The van der Waals surface area contributed by atoms with Gasteiger partial charge in [-0.25, -0.2) is 0 Å². The molecule has 1 unspecified atom stereocenters. The first-order chi connectivity index (χ1) is 15.9. The highest BCUT2D eigenvalue weighted by Crippen LogP contribution is 2.37. The second-order valence-electron chi connectivity index (χ2n) is 8.42. The summed E-state index contributed by atoms with van der Waals surface area (Å²) in [6.07, 6.45) is 2.61. The van der Waals surface area contributed by atoms with E-state index < -0.39 is 0 Å². The number of phenolic OH excluding ortho intramolecular Hbond substituents is 2. The van der Waals surface area contributed by atoms with E-state index in [0.29, 0.717) is 6.54 Å². The van der Waals surface area contributed by atoms with E-state index >= 15 is 0 Å². The minimum Gasteiger partial charge on any atom is -0.507 e. The van der Waals surface area contributed by atoms with Gasteiger partial charge in [0.15, 0.2) is 0 Å². The van der Waals surface area contributed by atoms with Gasteiger partial charge < -0.3 is 20.4 Å². The lowest BCUT2D eigenvalue weighted by molar-refractivity contribution is 0.0732. The number of pyridine rings is 1. The van der Waals surface area contributed by atoms with Crippen molar-refractivity contribution in [1.29, 1.82) is 0 Å². The summed E-state index contributed by atoms with van der Waals surface area (Å²) in [7, 11) is 0. The van der Waals surface area contributed by atoms with E-state index in [4.69, 9.17) is 11.6 Å². The van der Waals surface area contributed by atoms with E-state index in [-0.39, 0.29) is 34.0 Å². The molecule has 33 heavy (non-hydrogen) atoms. The van der Waals surface area contributed by atoms with Crippen molar-refractivity contribution in [3.05, 3.63) is 87.7 Å². The molecule has 1 aromatic heterocycles. The van der Waals surface area contributed by atoms with Crippen molar-refractivity contribution in [2.24, 2.45) is 0 Å². The van der Waals surface area contributed by atoms with Crippen molar-refractivity contribution in [3.8, 4) is 11.5 Å². The zero-order chi connectivity index (χ0) is 23.4. The van der Waals surface area contributed by atoms with Gasteiger partial charge in [-0.05, 0) is 49.1 Å². The Morgan fingerprint density at radius 3 is 2.79 bits per heavy atom. The Morgan fingerprint density at radius 1 is 1.15 bits per heavy atom. The fourth-order valence-electron chi connectivity index (χ4n) is 4.33. The fourth-order valence-corrected chi connectivity index (χ4v) is 4.50. The Balaban J connectivity index is 1.41. The predicted octanol–water partition coefficient (Wildman–Crippen LogP) is 4.76. The molecule has 0 bridgehead atoms. The van der Waals surface area contributed by atoms with Crippen LogP contribution in [-0.2, 0) is 13.0 Å². The van der Waals surface area contributed by atoms with E-state index in [1.807, 2.05) is 37.3 Å². The Morgan fingerprint density at radius 2 is 1.97 bits per heavy atom. The molecule has 0 spiro atoms. The standard InChI is InChI=1S/C26H28ClN3O3/c1-17-5-2-8-20(29-17)10-11-28-16-18-6-3-7-19(13-18)23-9-4-12-30(23)26(33)21-14-22(27)25(32)15-24(21)31/h2-3,5-8,13-15,23,28,31-32H,4,9-12,16H2,1H3. The highest BCUT2D eigenvalue weighted by Gasteiger charge is 2.32. The first kappa shape index (κ1) is 23.1. The Bertz CT molecular complexity index is 1150. The molecule has 3 N–H and O–H groups in total. The van der Waals surface area contributed by atoms with Crippen LogP contribution in [-0.4, -0.2) is 39.1 Å². The van der Waals surface area contributed by atoms with Crippen molar-refractivity contribution < 1.29 is 15.0 Å². The maximum atomic E-state index is 13.2. The largest absolute Gasteiger partial charge is 0.507 e. The molecule has 0 radical (unpaired) electrons. The molecule has 2 aromatic carbocycles. The lowest BCUT2D eigenvalue weighted by Crippen LogP contribution is -2.30. The third-order valence-electron chi connectivity index (χ3n) is 5.98. The average Bonchev–Trinajstić information content (AvgIpc) is 3.29. The summed E-state index contributed by atoms with van der Waals surface area (Å²) in [6.45, 7) is 4.16. The molecule has 1 aliphatic heterocycles. The van der Waals surface area contributed by atoms with Crippen LogP contribution in [0.3, 0.4) is 0 Å². The molecule has 0 saturated carbocycles. The molecule has 1 saturated heterocycles. The van der Waals surface area contributed by atoms with Gasteiger partial charge in [-0.15, -0.1) is 0 Å². The highest BCUT2D eigenvalue weighted by atomic mass is 35.5. The number of nitrogens with zero attached hydrogens (tertiary/aromatic N) is 2. The second kappa shape index (κ2) is 10.2. The number of benzene rings is 2. The number of rotatable bonds is 7. The van der Waals surface area contributed by atoms with E-state index in [1.165, 1.54) is 6.07 Å². The van der Waals surface area contributed by atoms with Gasteiger partial charge in [0.05, 0.1) is 16.6 Å². The van der Waals surface area contributed by atoms with Crippen LogP contribution in [0.4, 0.5) is 0 Å². The van der Waals surface area contributed by atoms with Crippen molar-refractivity contribution in [2.45, 2.75) is 38.8 Å². The lowest BCUT2D eigenvalue weighted by Gasteiger charge is -2.26.